The van der Waals surface area contributed by atoms with Gasteiger partial charge in [-0.3, -0.25) is 9.59 Å². The van der Waals surface area contributed by atoms with Gasteiger partial charge in [-0.05, 0) is 48.9 Å². The van der Waals surface area contributed by atoms with E-state index < -0.39 is 6.04 Å². The molecule has 2 aromatic carbocycles. The molecule has 0 saturated carbocycles. The third-order valence-electron chi connectivity index (χ3n) is 5.39. The van der Waals surface area contributed by atoms with Crippen molar-refractivity contribution in [1.29, 1.82) is 0 Å². The van der Waals surface area contributed by atoms with Crippen molar-refractivity contribution in [1.82, 2.24) is 10.2 Å². The number of nitrogens with one attached hydrogen (secondary N) is 1. The number of hydrogen-bond acceptors (Lipinski definition) is 3. The van der Waals surface area contributed by atoms with Crippen molar-refractivity contribution in [3.63, 3.8) is 0 Å². The molecule has 2 rings (SSSR count). The van der Waals surface area contributed by atoms with Crippen molar-refractivity contribution in [2.24, 2.45) is 0 Å². The number of hydrogen-bond donors (Lipinski definition) is 1. The summed E-state index contributed by atoms with van der Waals surface area (Å²) in [6.45, 7) is 7.15. The molecule has 1 unspecified atom stereocenters. The Hall–Kier alpha value is -2.82. The van der Waals surface area contributed by atoms with Gasteiger partial charge in [0.2, 0.25) is 5.91 Å². The summed E-state index contributed by atoms with van der Waals surface area (Å²) in [5.74, 6) is 0.395. The maximum atomic E-state index is 13.1. The number of unbranched alkanes of at least 4 members (excludes halogenated alkanes) is 1. The van der Waals surface area contributed by atoms with E-state index in [1.165, 1.54) is 5.56 Å². The monoisotopic (exact) mass is 424 g/mol. The van der Waals surface area contributed by atoms with Gasteiger partial charge in [0, 0.05) is 13.1 Å². The molecule has 5 nitrogen and oxygen atoms in total. The predicted octanol–water partition coefficient (Wildman–Crippen LogP) is 4.39. The van der Waals surface area contributed by atoms with Gasteiger partial charge in [-0.25, -0.2) is 0 Å². The second-order valence-corrected chi connectivity index (χ2v) is 7.68. The number of nitrogens with zero attached hydrogens (tertiary/aromatic N) is 1. The molecule has 0 spiro atoms. The molecule has 31 heavy (non-hydrogen) atoms. The summed E-state index contributed by atoms with van der Waals surface area (Å²) in [6, 6.07) is 17.3. The van der Waals surface area contributed by atoms with E-state index in [9.17, 15) is 9.59 Å². The van der Waals surface area contributed by atoms with Crippen molar-refractivity contribution >= 4 is 11.8 Å². The Labute approximate surface area is 186 Å². The van der Waals surface area contributed by atoms with Crippen LogP contribution in [0.3, 0.4) is 0 Å². The molecule has 168 valence electrons. The van der Waals surface area contributed by atoms with E-state index in [1.807, 2.05) is 61.5 Å². The van der Waals surface area contributed by atoms with Crippen molar-refractivity contribution in [2.75, 3.05) is 19.7 Å². The average Bonchev–Trinajstić information content (AvgIpc) is 2.81. The lowest BCUT2D eigenvalue weighted by molar-refractivity contribution is -0.142. The number of aryl methyl sites for hydroxylation is 1. The minimum atomic E-state index is -0.501. The summed E-state index contributed by atoms with van der Waals surface area (Å²) in [6.07, 6.45) is 4.15. The van der Waals surface area contributed by atoms with Crippen molar-refractivity contribution in [2.45, 2.75) is 58.9 Å². The summed E-state index contributed by atoms with van der Waals surface area (Å²) < 4.78 is 5.75. The number of rotatable bonds is 13. The van der Waals surface area contributed by atoms with E-state index in [4.69, 9.17) is 4.74 Å². The SMILES string of the molecule is CCCCNC(=O)C(CC)N(CCc1ccccc1)C(=O)COc1ccc(CC)cc1. The molecule has 1 N–H and O–H groups in total. The molecule has 0 aliphatic rings. The van der Waals surface area contributed by atoms with E-state index in [-0.39, 0.29) is 18.4 Å². The lowest BCUT2D eigenvalue weighted by Gasteiger charge is -2.30. The van der Waals surface area contributed by atoms with E-state index in [0.717, 1.165) is 24.8 Å². The fraction of sp³-hybridized carbons (Fsp3) is 0.462. The largest absolute Gasteiger partial charge is 0.484 e. The molecule has 0 heterocycles. The van der Waals surface area contributed by atoms with Gasteiger partial charge >= 0.3 is 0 Å². The minimum Gasteiger partial charge on any atom is -0.484 e. The van der Waals surface area contributed by atoms with Gasteiger partial charge in [-0.1, -0.05) is 69.7 Å². The smallest absolute Gasteiger partial charge is 0.261 e. The Morgan fingerprint density at radius 3 is 2.29 bits per heavy atom. The Morgan fingerprint density at radius 2 is 1.68 bits per heavy atom. The zero-order chi connectivity index (χ0) is 22.5. The van der Waals surface area contributed by atoms with Crippen molar-refractivity contribution in [3.05, 3.63) is 65.7 Å². The fourth-order valence-electron chi connectivity index (χ4n) is 3.45. The molecular formula is C26H36N2O3. The summed E-state index contributed by atoms with van der Waals surface area (Å²) in [4.78, 5) is 27.6. The molecule has 5 heteroatoms. The van der Waals surface area contributed by atoms with Crippen LogP contribution in [0.5, 0.6) is 5.75 Å². The predicted molar refractivity (Wildman–Crippen MR) is 125 cm³/mol. The minimum absolute atomic E-state index is 0.0843. The van der Waals surface area contributed by atoms with E-state index in [1.54, 1.807) is 4.90 Å². The maximum Gasteiger partial charge on any atom is 0.261 e. The van der Waals surface area contributed by atoms with Crippen LogP contribution < -0.4 is 10.1 Å². The van der Waals surface area contributed by atoms with Crippen LogP contribution in [0.25, 0.3) is 0 Å². The van der Waals surface area contributed by atoms with Crippen LogP contribution in [0.2, 0.25) is 0 Å². The standard InChI is InChI=1S/C26H36N2O3/c1-4-7-18-27-26(30)24(6-3)28(19-17-22-11-9-8-10-12-22)25(29)20-31-23-15-13-21(5-2)14-16-23/h8-16,24H,4-7,17-20H2,1-3H3,(H,27,30). The number of ether oxygens (including phenoxy) is 1. The summed E-state index contributed by atoms with van der Waals surface area (Å²) >= 11 is 0. The van der Waals surface area contributed by atoms with Crippen molar-refractivity contribution < 1.29 is 14.3 Å². The number of amides is 2. The zero-order valence-electron chi connectivity index (χ0n) is 19.1. The summed E-state index contributed by atoms with van der Waals surface area (Å²) in [5.41, 5.74) is 2.36. The fourth-order valence-corrected chi connectivity index (χ4v) is 3.45. The molecule has 0 aromatic heterocycles. The van der Waals surface area contributed by atoms with Crippen LogP contribution >= 0.6 is 0 Å². The van der Waals surface area contributed by atoms with E-state index in [2.05, 4.69) is 19.2 Å². The lowest BCUT2D eigenvalue weighted by Crippen LogP contribution is -2.51. The van der Waals surface area contributed by atoms with Gasteiger partial charge in [0.15, 0.2) is 6.61 Å². The highest BCUT2D eigenvalue weighted by Crippen LogP contribution is 2.14. The van der Waals surface area contributed by atoms with E-state index >= 15 is 0 Å². The number of carbonyl (C=O) groups excluding carboxylic acids is 2. The lowest BCUT2D eigenvalue weighted by atomic mass is 10.1. The zero-order valence-corrected chi connectivity index (χ0v) is 19.1. The van der Waals surface area contributed by atoms with Crippen molar-refractivity contribution in [3.8, 4) is 5.75 Å². The number of benzene rings is 2. The van der Waals surface area contributed by atoms with Crippen LogP contribution in [0.15, 0.2) is 54.6 Å². The molecule has 0 fully saturated rings. The van der Waals surface area contributed by atoms with Crippen LogP contribution in [0, 0.1) is 0 Å². The summed E-state index contributed by atoms with van der Waals surface area (Å²) in [7, 11) is 0. The highest BCUT2D eigenvalue weighted by atomic mass is 16.5. The molecule has 0 aliphatic heterocycles. The van der Waals surface area contributed by atoms with Crippen LogP contribution in [-0.2, 0) is 22.4 Å². The van der Waals surface area contributed by atoms with Crippen LogP contribution in [0.1, 0.15) is 51.2 Å². The average molecular weight is 425 g/mol. The molecule has 0 aliphatic carbocycles. The normalized spacial score (nSPS) is 11.6. The van der Waals surface area contributed by atoms with Gasteiger partial charge in [0.25, 0.3) is 5.91 Å². The highest BCUT2D eigenvalue weighted by Gasteiger charge is 2.28. The number of carbonyl (C=O) groups is 2. The molecule has 1 atom stereocenters. The first-order valence-corrected chi connectivity index (χ1v) is 11.4. The van der Waals surface area contributed by atoms with Gasteiger partial charge < -0.3 is 15.0 Å². The third kappa shape index (κ3) is 8.08. The topological polar surface area (TPSA) is 58.6 Å². The molecular weight excluding hydrogens is 388 g/mol. The Balaban J connectivity index is 2.07. The molecule has 0 bridgehead atoms. The van der Waals surface area contributed by atoms with Crippen LogP contribution in [0.4, 0.5) is 0 Å². The second kappa shape index (κ2) is 13.5. The van der Waals surface area contributed by atoms with Gasteiger partial charge in [0.1, 0.15) is 11.8 Å². The molecule has 0 saturated heterocycles. The van der Waals surface area contributed by atoms with E-state index in [0.29, 0.717) is 31.7 Å². The second-order valence-electron chi connectivity index (χ2n) is 7.68. The quantitative estimate of drug-likeness (QED) is 0.485. The highest BCUT2D eigenvalue weighted by molar-refractivity contribution is 5.88. The molecule has 0 radical (unpaired) electrons. The Morgan fingerprint density at radius 1 is 0.968 bits per heavy atom. The summed E-state index contributed by atoms with van der Waals surface area (Å²) in [5, 5.41) is 2.98. The molecule has 2 aromatic rings. The Bertz CT molecular complexity index is 790. The first-order valence-electron chi connectivity index (χ1n) is 11.4. The van der Waals surface area contributed by atoms with Gasteiger partial charge in [-0.15, -0.1) is 0 Å². The molecule has 2 amide bonds. The maximum absolute atomic E-state index is 13.1. The first-order chi connectivity index (χ1) is 15.1. The first kappa shape index (κ1) is 24.4. The van der Waals surface area contributed by atoms with Gasteiger partial charge in [0.05, 0.1) is 0 Å². The third-order valence-corrected chi connectivity index (χ3v) is 5.39. The Kier molecular flexibility index (Phi) is 10.6. The van der Waals surface area contributed by atoms with Crippen LogP contribution in [-0.4, -0.2) is 42.5 Å². The van der Waals surface area contributed by atoms with Gasteiger partial charge in [-0.2, -0.15) is 0 Å².